The van der Waals surface area contributed by atoms with Gasteiger partial charge in [-0.2, -0.15) is 5.10 Å². The summed E-state index contributed by atoms with van der Waals surface area (Å²) < 4.78 is 14.1. The van der Waals surface area contributed by atoms with Crippen LogP contribution in [0.2, 0.25) is 0 Å². The molecule has 0 unspecified atom stereocenters. The van der Waals surface area contributed by atoms with Crippen LogP contribution in [0.4, 0.5) is 0 Å². The molecule has 6 heteroatoms. The van der Waals surface area contributed by atoms with Crippen molar-refractivity contribution in [3.63, 3.8) is 0 Å². The van der Waals surface area contributed by atoms with Gasteiger partial charge in [-0.15, -0.1) is 0 Å². The van der Waals surface area contributed by atoms with Gasteiger partial charge in [-0.25, -0.2) is 4.79 Å². The average Bonchev–Trinajstić information content (AvgIpc) is 3.03. The molecule has 5 nitrogen and oxygen atoms in total. The molecule has 1 heterocycles. The molecule has 31 heavy (non-hydrogen) atoms. The average molecular weight is 491 g/mol. The fraction of sp³-hybridized carbons (Fsp3) is 0.600. The smallest absolute Gasteiger partial charge is 0.332 e. The summed E-state index contributed by atoms with van der Waals surface area (Å²) in [6.07, 6.45) is 5.56. The maximum absolute atomic E-state index is 11.8. The number of carbonyl (C=O) groups is 1. The Morgan fingerprint density at radius 3 is 2.39 bits per heavy atom. The lowest BCUT2D eigenvalue weighted by Crippen LogP contribution is -2.28. The molecule has 1 aliphatic carbocycles. The van der Waals surface area contributed by atoms with Crippen molar-refractivity contribution in [3.05, 3.63) is 40.6 Å². The highest BCUT2D eigenvalue weighted by atomic mass is 79.9. The van der Waals surface area contributed by atoms with Crippen molar-refractivity contribution in [3.8, 4) is 11.1 Å². The molecule has 0 saturated heterocycles. The molecule has 1 aromatic heterocycles. The van der Waals surface area contributed by atoms with Crippen LogP contribution >= 0.6 is 15.9 Å². The van der Waals surface area contributed by atoms with Gasteiger partial charge in [-0.05, 0) is 86.2 Å². The number of hydrogen-bond donors (Lipinski definition) is 0. The molecular weight excluding hydrogens is 456 g/mol. The monoisotopic (exact) mass is 490 g/mol. The second-order valence-corrected chi connectivity index (χ2v) is 10.3. The molecule has 1 fully saturated rings. The van der Waals surface area contributed by atoms with Crippen molar-refractivity contribution in [2.75, 3.05) is 13.2 Å². The van der Waals surface area contributed by atoms with E-state index in [-0.39, 0.29) is 12.6 Å². The molecule has 3 rings (SSSR count). The molecule has 0 amide bonds. The Morgan fingerprint density at radius 2 is 1.77 bits per heavy atom. The van der Waals surface area contributed by atoms with Gasteiger partial charge in [-0.1, -0.05) is 37.3 Å². The third kappa shape index (κ3) is 6.91. The minimum atomic E-state index is -0.461. The van der Waals surface area contributed by atoms with Gasteiger partial charge >= 0.3 is 5.97 Å². The number of benzene rings is 1. The van der Waals surface area contributed by atoms with Crippen LogP contribution in [0.15, 0.2) is 34.9 Å². The second-order valence-electron chi connectivity index (χ2n) is 9.50. The lowest BCUT2D eigenvalue weighted by molar-refractivity contribution is -0.160. The first-order chi connectivity index (χ1) is 14.8. The summed E-state index contributed by atoms with van der Waals surface area (Å²) in [5.74, 6) is 0.864. The standard InChI is InChI=1S/C25H35BrN2O3/c1-5-21-23(20-9-7-6-8-10-20)24(26)27-28(21)15-18-11-13-19(14-12-18)16-30-17-22(29)31-25(2,3)4/h6-10,18-19H,5,11-17H2,1-4H3/t18-,19-. The molecule has 0 bridgehead atoms. The molecule has 0 spiro atoms. The minimum Gasteiger partial charge on any atom is -0.458 e. The van der Waals surface area contributed by atoms with Gasteiger partial charge in [0.05, 0.1) is 6.61 Å². The Bertz CT molecular complexity index is 850. The lowest BCUT2D eigenvalue weighted by Gasteiger charge is -2.28. The first kappa shape index (κ1) is 24.0. The van der Waals surface area contributed by atoms with Crippen LogP contribution in [0.1, 0.15) is 59.1 Å². The normalized spacial score (nSPS) is 19.4. The highest BCUT2D eigenvalue weighted by molar-refractivity contribution is 9.10. The molecular formula is C25H35BrN2O3. The van der Waals surface area contributed by atoms with Crippen molar-refractivity contribution in [1.82, 2.24) is 9.78 Å². The zero-order chi connectivity index (χ0) is 22.4. The molecule has 170 valence electrons. The Labute approximate surface area is 194 Å². The molecule has 1 aromatic carbocycles. The number of aromatic nitrogens is 2. The summed E-state index contributed by atoms with van der Waals surface area (Å²) in [7, 11) is 0. The summed E-state index contributed by atoms with van der Waals surface area (Å²) in [6.45, 7) is 9.45. The SMILES string of the molecule is CCc1c(-c2ccccc2)c(Br)nn1C[C@H]1CC[C@H](COCC(=O)OC(C)(C)C)CC1. The second kappa shape index (κ2) is 10.8. The van der Waals surface area contributed by atoms with E-state index >= 15 is 0 Å². The Hall–Kier alpha value is -1.66. The number of halogens is 1. The van der Waals surface area contributed by atoms with Gasteiger partial charge in [0, 0.05) is 17.8 Å². The highest BCUT2D eigenvalue weighted by Crippen LogP contribution is 2.34. The third-order valence-electron chi connectivity index (χ3n) is 5.80. The zero-order valence-corrected chi connectivity index (χ0v) is 20.8. The van der Waals surface area contributed by atoms with E-state index in [1.807, 2.05) is 26.8 Å². The minimum absolute atomic E-state index is 0.0423. The van der Waals surface area contributed by atoms with Crippen LogP contribution in [-0.4, -0.2) is 34.6 Å². The number of carbonyl (C=O) groups excluding carboxylic acids is 1. The summed E-state index contributed by atoms with van der Waals surface area (Å²) in [5, 5.41) is 4.83. The quantitative estimate of drug-likeness (QED) is 0.423. The molecule has 2 aromatic rings. The summed E-state index contributed by atoms with van der Waals surface area (Å²) in [4.78, 5) is 11.8. The summed E-state index contributed by atoms with van der Waals surface area (Å²) in [5.41, 5.74) is 3.26. The van der Waals surface area contributed by atoms with Crippen molar-refractivity contribution >= 4 is 21.9 Å². The molecule has 0 atom stereocenters. The zero-order valence-electron chi connectivity index (χ0n) is 19.2. The van der Waals surface area contributed by atoms with Crippen molar-refractivity contribution in [2.24, 2.45) is 11.8 Å². The first-order valence-corrected chi connectivity index (χ1v) is 12.2. The fourth-order valence-corrected chi connectivity index (χ4v) is 5.02. The van der Waals surface area contributed by atoms with Gasteiger partial charge in [0.25, 0.3) is 0 Å². The number of esters is 1. The molecule has 0 radical (unpaired) electrons. The Balaban J connectivity index is 1.50. The van der Waals surface area contributed by atoms with E-state index < -0.39 is 5.60 Å². The van der Waals surface area contributed by atoms with Crippen LogP contribution in [0, 0.1) is 11.8 Å². The van der Waals surface area contributed by atoms with Crippen molar-refractivity contribution < 1.29 is 14.3 Å². The maximum atomic E-state index is 11.8. The molecule has 0 aliphatic heterocycles. The predicted octanol–water partition coefficient (Wildman–Crippen LogP) is 6.04. The van der Waals surface area contributed by atoms with E-state index in [1.54, 1.807) is 0 Å². The van der Waals surface area contributed by atoms with Crippen LogP contribution in [0.25, 0.3) is 11.1 Å². The lowest BCUT2D eigenvalue weighted by atomic mass is 9.82. The van der Waals surface area contributed by atoms with E-state index in [9.17, 15) is 4.79 Å². The van der Waals surface area contributed by atoms with Gasteiger partial charge in [0.1, 0.15) is 16.8 Å². The van der Waals surface area contributed by atoms with Crippen molar-refractivity contribution in [1.29, 1.82) is 0 Å². The summed E-state index contributed by atoms with van der Waals surface area (Å²) in [6, 6.07) is 10.5. The fourth-order valence-electron chi connectivity index (χ4n) is 4.37. The number of hydrogen-bond acceptors (Lipinski definition) is 4. The van der Waals surface area contributed by atoms with E-state index in [4.69, 9.17) is 14.6 Å². The van der Waals surface area contributed by atoms with Crippen molar-refractivity contribution in [2.45, 2.75) is 71.9 Å². The highest BCUT2D eigenvalue weighted by Gasteiger charge is 2.25. The van der Waals surface area contributed by atoms with Crippen LogP contribution in [0.5, 0.6) is 0 Å². The topological polar surface area (TPSA) is 53.4 Å². The van der Waals surface area contributed by atoms with Crippen LogP contribution in [-0.2, 0) is 27.2 Å². The van der Waals surface area contributed by atoms with Gasteiger partial charge in [0.2, 0.25) is 0 Å². The van der Waals surface area contributed by atoms with Gasteiger partial charge in [-0.3, -0.25) is 4.68 Å². The molecule has 1 saturated carbocycles. The molecule has 0 N–H and O–H groups in total. The Kier molecular flexibility index (Phi) is 8.34. The number of ether oxygens (including phenoxy) is 2. The van der Waals surface area contributed by atoms with E-state index in [2.05, 4.69) is 51.8 Å². The maximum Gasteiger partial charge on any atom is 0.332 e. The van der Waals surface area contributed by atoms with Gasteiger partial charge < -0.3 is 9.47 Å². The summed E-state index contributed by atoms with van der Waals surface area (Å²) >= 11 is 3.69. The number of rotatable bonds is 8. The molecule has 1 aliphatic rings. The van der Waals surface area contributed by atoms with E-state index in [1.165, 1.54) is 29.7 Å². The van der Waals surface area contributed by atoms with E-state index in [0.717, 1.165) is 30.4 Å². The first-order valence-electron chi connectivity index (χ1n) is 11.4. The van der Waals surface area contributed by atoms with E-state index in [0.29, 0.717) is 18.4 Å². The largest absolute Gasteiger partial charge is 0.458 e. The third-order valence-corrected chi connectivity index (χ3v) is 6.36. The Morgan fingerprint density at radius 1 is 1.13 bits per heavy atom. The van der Waals surface area contributed by atoms with Crippen LogP contribution in [0.3, 0.4) is 0 Å². The number of nitrogens with zero attached hydrogens (tertiary/aromatic N) is 2. The predicted molar refractivity (Wildman–Crippen MR) is 127 cm³/mol. The van der Waals surface area contributed by atoms with Gasteiger partial charge in [0.15, 0.2) is 0 Å². The van der Waals surface area contributed by atoms with Crippen LogP contribution < -0.4 is 0 Å².